The van der Waals surface area contributed by atoms with E-state index in [9.17, 15) is 0 Å². The average Bonchev–Trinajstić information content (AvgIpc) is 2.33. The second-order valence-corrected chi connectivity index (χ2v) is 5.70. The number of rotatable bonds is 3. The zero-order valence-corrected chi connectivity index (χ0v) is 11.9. The van der Waals surface area contributed by atoms with Crippen LogP contribution >= 0.6 is 27.5 Å². The van der Waals surface area contributed by atoms with E-state index in [1.807, 2.05) is 0 Å². The molecule has 2 atom stereocenters. The van der Waals surface area contributed by atoms with Crippen LogP contribution in [-0.2, 0) is 0 Å². The fraction of sp³-hybridized carbons (Fsp3) is 0.583. The summed E-state index contributed by atoms with van der Waals surface area (Å²) >= 11 is 9.42. The SMILES string of the molecule is NCC1CCCCC1Oc1ncc(Br)cc1Cl. The molecular formula is C12H16BrClN2O. The van der Waals surface area contributed by atoms with E-state index in [0.717, 1.165) is 17.3 Å². The summed E-state index contributed by atoms with van der Waals surface area (Å²) in [5.41, 5.74) is 5.77. The summed E-state index contributed by atoms with van der Waals surface area (Å²) < 4.78 is 6.76. The third-order valence-corrected chi connectivity index (χ3v) is 3.88. The van der Waals surface area contributed by atoms with Crippen molar-refractivity contribution in [2.24, 2.45) is 11.7 Å². The number of pyridine rings is 1. The van der Waals surface area contributed by atoms with Crippen LogP contribution in [0.2, 0.25) is 5.02 Å². The summed E-state index contributed by atoms with van der Waals surface area (Å²) in [4.78, 5) is 4.20. The van der Waals surface area contributed by atoms with Crippen LogP contribution in [0.5, 0.6) is 5.88 Å². The number of hydrogen-bond acceptors (Lipinski definition) is 3. The molecule has 1 aliphatic carbocycles. The Labute approximate surface area is 115 Å². The highest BCUT2D eigenvalue weighted by Crippen LogP contribution is 2.31. The predicted molar refractivity (Wildman–Crippen MR) is 72.4 cm³/mol. The maximum Gasteiger partial charge on any atom is 0.232 e. The van der Waals surface area contributed by atoms with Crippen LogP contribution in [0.4, 0.5) is 0 Å². The van der Waals surface area contributed by atoms with Crippen molar-refractivity contribution in [2.45, 2.75) is 31.8 Å². The average molecular weight is 320 g/mol. The third-order valence-electron chi connectivity index (χ3n) is 3.18. The van der Waals surface area contributed by atoms with Gasteiger partial charge in [0.25, 0.3) is 0 Å². The second-order valence-electron chi connectivity index (χ2n) is 4.38. The van der Waals surface area contributed by atoms with Gasteiger partial charge in [-0.2, -0.15) is 0 Å². The molecule has 0 spiro atoms. The number of aromatic nitrogens is 1. The lowest BCUT2D eigenvalue weighted by atomic mass is 9.86. The summed E-state index contributed by atoms with van der Waals surface area (Å²) in [6.45, 7) is 0.665. The molecule has 2 rings (SSSR count). The Balaban J connectivity index is 2.08. The van der Waals surface area contributed by atoms with Gasteiger partial charge in [-0.05, 0) is 47.8 Å². The number of nitrogens with zero attached hydrogens (tertiary/aromatic N) is 1. The molecule has 2 N–H and O–H groups in total. The number of ether oxygens (including phenoxy) is 1. The first kappa shape index (κ1) is 13.1. The van der Waals surface area contributed by atoms with Crippen molar-refractivity contribution in [2.75, 3.05) is 6.54 Å². The molecule has 0 amide bonds. The molecule has 94 valence electrons. The minimum absolute atomic E-state index is 0.153. The zero-order chi connectivity index (χ0) is 12.3. The van der Waals surface area contributed by atoms with E-state index in [4.69, 9.17) is 22.1 Å². The van der Waals surface area contributed by atoms with E-state index in [0.29, 0.717) is 23.4 Å². The van der Waals surface area contributed by atoms with Crippen LogP contribution in [0.15, 0.2) is 16.7 Å². The predicted octanol–water partition coefficient (Wildman–Crippen LogP) is 3.39. The van der Waals surface area contributed by atoms with Gasteiger partial charge < -0.3 is 10.5 Å². The first-order valence-electron chi connectivity index (χ1n) is 5.88. The Hall–Kier alpha value is -0.320. The molecule has 2 unspecified atom stereocenters. The molecule has 1 aliphatic rings. The molecule has 1 aromatic heterocycles. The Kier molecular flexibility index (Phi) is 4.65. The molecule has 3 nitrogen and oxygen atoms in total. The molecular weight excluding hydrogens is 304 g/mol. The van der Waals surface area contributed by atoms with Crippen LogP contribution in [0.3, 0.4) is 0 Å². The smallest absolute Gasteiger partial charge is 0.232 e. The van der Waals surface area contributed by atoms with Gasteiger partial charge in [-0.15, -0.1) is 0 Å². The molecule has 0 aromatic carbocycles. The van der Waals surface area contributed by atoms with Crippen molar-refractivity contribution in [3.63, 3.8) is 0 Å². The van der Waals surface area contributed by atoms with Gasteiger partial charge in [-0.3, -0.25) is 0 Å². The minimum atomic E-state index is 0.153. The minimum Gasteiger partial charge on any atom is -0.473 e. The van der Waals surface area contributed by atoms with Crippen LogP contribution in [0, 0.1) is 5.92 Å². The summed E-state index contributed by atoms with van der Waals surface area (Å²) in [5.74, 6) is 0.936. The lowest BCUT2D eigenvalue weighted by Gasteiger charge is -2.30. The highest BCUT2D eigenvalue weighted by atomic mass is 79.9. The summed E-state index contributed by atoms with van der Waals surface area (Å²) in [5, 5.41) is 0.542. The quantitative estimate of drug-likeness (QED) is 0.929. The van der Waals surface area contributed by atoms with Crippen molar-refractivity contribution in [1.29, 1.82) is 0 Å². The van der Waals surface area contributed by atoms with Gasteiger partial charge in [0.15, 0.2) is 0 Å². The third kappa shape index (κ3) is 3.33. The normalized spacial score (nSPS) is 24.6. The first-order valence-corrected chi connectivity index (χ1v) is 7.05. The molecule has 0 saturated heterocycles. The van der Waals surface area contributed by atoms with E-state index in [-0.39, 0.29) is 6.10 Å². The monoisotopic (exact) mass is 318 g/mol. The Morgan fingerprint density at radius 3 is 2.94 bits per heavy atom. The lowest BCUT2D eigenvalue weighted by molar-refractivity contribution is 0.0924. The number of hydrogen-bond donors (Lipinski definition) is 1. The Morgan fingerprint density at radius 2 is 2.24 bits per heavy atom. The topological polar surface area (TPSA) is 48.1 Å². The van der Waals surface area contributed by atoms with Gasteiger partial charge in [0.05, 0.1) is 0 Å². The van der Waals surface area contributed by atoms with Crippen LogP contribution < -0.4 is 10.5 Å². The summed E-state index contributed by atoms with van der Waals surface area (Å²) in [6, 6.07) is 1.80. The Morgan fingerprint density at radius 1 is 1.47 bits per heavy atom. The van der Waals surface area contributed by atoms with E-state index in [1.165, 1.54) is 12.8 Å². The van der Waals surface area contributed by atoms with Crippen molar-refractivity contribution in [3.05, 3.63) is 21.8 Å². The molecule has 17 heavy (non-hydrogen) atoms. The van der Waals surface area contributed by atoms with E-state index in [1.54, 1.807) is 12.3 Å². The van der Waals surface area contributed by atoms with Gasteiger partial charge in [0, 0.05) is 16.6 Å². The zero-order valence-electron chi connectivity index (χ0n) is 9.53. The van der Waals surface area contributed by atoms with Gasteiger partial charge in [-0.1, -0.05) is 18.0 Å². The molecule has 1 fully saturated rings. The van der Waals surface area contributed by atoms with Crippen LogP contribution in [-0.4, -0.2) is 17.6 Å². The fourth-order valence-electron chi connectivity index (χ4n) is 2.23. The van der Waals surface area contributed by atoms with Crippen molar-refractivity contribution >= 4 is 27.5 Å². The van der Waals surface area contributed by atoms with Gasteiger partial charge >= 0.3 is 0 Å². The highest BCUT2D eigenvalue weighted by Gasteiger charge is 2.26. The second kappa shape index (κ2) is 6.03. The number of halogens is 2. The standard InChI is InChI=1S/C12H16BrClN2O/c13-9-5-10(14)12(16-7-9)17-11-4-2-1-3-8(11)6-15/h5,7-8,11H,1-4,6,15H2. The van der Waals surface area contributed by atoms with Gasteiger partial charge in [-0.25, -0.2) is 4.98 Å². The highest BCUT2D eigenvalue weighted by molar-refractivity contribution is 9.10. The molecule has 0 aliphatic heterocycles. The summed E-state index contributed by atoms with van der Waals surface area (Å²) in [7, 11) is 0. The Bertz CT molecular complexity index is 389. The van der Waals surface area contributed by atoms with E-state index in [2.05, 4.69) is 20.9 Å². The maximum atomic E-state index is 6.09. The first-order chi connectivity index (χ1) is 8.20. The van der Waals surface area contributed by atoms with E-state index >= 15 is 0 Å². The molecule has 5 heteroatoms. The number of nitrogens with two attached hydrogens (primary N) is 1. The van der Waals surface area contributed by atoms with E-state index < -0.39 is 0 Å². The van der Waals surface area contributed by atoms with Gasteiger partial charge in [0.1, 0.15) is 11.1 Å². The van der Waals surface area contributed by atoms with Crippen LogP contribution in [0.25, 0.3) is 0 Å². The molecule has 1 saturated carbocycles. The van der Waals surface area contributed by atoms with Crippen molar-refractivity contribution in [1.82, 2.24) is 4.98 Å². The van der Waals surface area contributed by atoms with Gasteiger partial charge in [0.2, 0.25) is 5.88 Å². The summed E-state index contributed by atoms with van der Waals surface area (Å²) in [6.07, 6.45) is 6.45. The maximum absolute atomic E-state index is 6.09. The molecule has 1 aromatic rings. The van der Waals surface area contributed by atoms with Crippen LogP contribution in [0.1, 0.15) is 25.7 Å². The molecule has 0 radical (unpaired) electrons. The lowest BCUT2D eigenvalue weighted by Crippen LogP contribution is -2.35. The fourth-order valence-corrected chi connectivity index (χ4v) is 2.90. The largest absolute Gasteiger partial charge is 0.473 e. The molecule has 1 heterocycles. The van der Waals surface area contributed by atoms with Crippen molar-refractivity contribution < 1.29 is 4.74 Å². The molecule has 0 bridgehead atoms. The van der Waals surface area contributed by atoms with Crippen molar-refractivity contribution in [3.8, 4) is 5.88 Å².